The van der Waals surface area contributed by atoms with Gasteiger partial charge in [-0.1, -0.05) is 54.6 Å². The Hall–Kier alpha value is -1.93. The van der Waals surface area contributed by atoms with E-state index in [-0.39, 0.29) is 0 Å². The highest BCUT2D eigenvalue weighted by molar-refractivity contribution is 5.74. The van der Waals surface area contributed by atoms with Crippen LogP contribution in [0.2, 0.25) is 0 Å². The van der Waals surface area contributed by atoms with Crippen LogP contribution in [-0.4, -0.2) is 6.29 Å². The summed E-state index contributed by atoms with van der Waals surface area (Å²) in [7, 11) is 0. The summed E-state index contributed by atoms with van der Waals surface area (Å²) in [5.74, 6) is 0. The fourth-order valence-electron chi connectivity index (χ4n) is 1.55. The summed E-state index contributed by atoms with van der Waals surface area (Å²) in [5, 5.41) is 0. The third-order valence-electron chi connectivity index (χ3n) is 2.50. The second-order valence-electron chi connectivity index (χ2n) is 3.84. The zero-order chi connectivity index (χ0) is 11.9. The SMILES string of the molecule is O=Cc1ccc(COCc2ccccc2)cc1. The highest BCUT2D eigenvalue weighted by atomic mass is 16.5. The van der Waals surface area contributed by atoms with Gasteiger partial charge in [-0.3, -0.25) is 4.79 Å². The molecule has 0 aliphatic carbocycles. The van der Waals surface area contributed by atoms with Gasteiger partial charge in [0.15, 0.2) is 0 Å². The Balaban J connectivity index is 1.84. The molecule has 0 unspecified atom stereocenters. The van der Waals surface area contributed by atoms with Crippen LogP contribution in [0, 0.1) is 0 Å². The van der Waals surface area contributed by atoms with Crippen molar-refractivity contribution in [1.29, 1.82) is 0 Å². The number of hydrogen-bond donors (Lipinski definition) is 0. The molecule has 0 saturated carbocycles. The molecule has 0 heterocycles. The highest BCUT2D eigenvalue weighted by Crippen LogP contribution is 2.07. The average Bonchev–Trinajstić information content (AvgIpc) is 2.41. The number of carbonyl (C=O) groups is 1. The van der Waals surface area contributed by atoms with Crippen LogP contribution in [0.1, 0.15) is 21.5 Å². The topological polar surface area (TPSA) is 26.3 Å². The zero-order valence-corrected chi connectivity index (χ0v) is 9.50. The van der Waals surface area contributed by atoms with Gasteiger partial charge >= 0.3 is 0 Å². The van der Waals surface area contributed by atoms with Crippen LogP contribution < -0.4 is 0 Å². The molecule has 2 nitrogen and oxygen atoms in total. The Bertz CT molecular complexity index is 460. The molecule has 0 radical (unpaired) electrons. The van der Waals surface area contributed by atoms with E-state index in [0.29, 0.717) is 18.8 Å². The van der Waals surface area contributed by atoms with Crippen LogP contribution in [0.5, 0.6) is 0 Å². The van der Waals surface area contributed by atoms with Gasteiger partial charge in [0.2, 0.25) is 0 Å². The van der Waals surface area contributed by atoms with E-state index in [1.165, 1.54) is 0 Å². The molecule has 0 atom stereocenters. The molecular formula is C15H14O2. The lowest BCUT2D eigenvalue weighted by Crippen LogP contribution is -1.94. The van der Waals surface area contributed by atoms with E-state index >= 15 is 0 Å². The largest absolute Gasteiger partial charge is 0.372 e. The Morgan fingerprint density at radius 1 is 0.824 bits per heavy atom. The predicted molar refractivity (Wildman–Crippen MR) is 66.8 cm³/mol. The van der Waals surface area contributed by atoms with Gasteiger partial charge in [0.05, 0.1) is 13.2 Å². The molecule has 0 bridgehead atoms. The maximum atomic E-state index is 10.5. The summed E-state index contributed by atoms with van der Waals surface area (Å²) in [5.41, 5.74) is 2.93. The van der Waals surface area contributed by atoms with Crippen LogP contribution in [0.15, 0.2) is 54.6 Å². The Labute approximate surface area is 101 Å². The van der Waals surface area contributed by atoms with Crippen molar-refractivity contribution in [3.05, 3.63) is 71.3 Å². The van der Waals surface area contributed by atoms with Gasteiger partial charge in [0.1, 0.15) is 6.29 Å². The monoisotopic (exact) mass is 226 g/mol. The summed E-state index contributed by atoms with van der Waals surface area (Å²) in [4.78, 5) is 10.5. The van der Waals surface area contributed by atoms with Crippen molar-refractivity contribution in [2.45, 2.75) is 13.2 Å². The van der Waals surface area contributed by atoms with Crippen molar-refractivity contribution in [3.8, 4) is 0 Å². The lowest BCUT2D eigenvalue weighted by Gasteiger charge is -2.04. The first kappa shape index (κ1) is 11.6. The van der Waals surface area contributed by atoms with E-state index in [9.17, 15) is 4.79 Å². The quantitative estimate of drug-likeness (QED) is 0.732. The van der Waals surface area contributed by atoms with Gasteiger partial charge in [-0.2, -0.15) is 0 Å². The molecule has 2 heteroatoms. The molecular weight excluding hydrogens is 212 g/mol. The van der Waals surface area contributed by atoms with Gasteiger partial charge in [0.25, 0.3) is 0 Å². The van der Waals surface area contributed by atoms with E-state index in [1.54, 1.807) is 12.1 Å². The van der Waals surface area contributed by atoms with Crippen LogP contribution in [0.3, 0.4) is 0 Å². The van der Waals surface area contributed by atoms with E-state index in [2.05, 4.69) is 0 Å². The van der Waals surface area contributed by atoms with Crippen molar-refractivity contribution in [2.75, 3.05) is 0 Å². The van der Waals surface area contributed by atoms with Crippen molar-refractivity contribution >= 4 is 6.29 Å². The van der Waals surface area contributed by atoms with Crippen LogP contribution in [0.25, 0.3) is 0 Å². The maximum absolute atomic E-state index is 10.5. The Morgan fingerprint density at radius 2 is 1.41 bits per heavy atom. The summed E-state index contributed by atoms with van der Waals surface area (Å²) < 4.78 is 5.59. The van der Waals surface area contributed by atoms with Gasteiger partial charge < -0.3 is 4.74 Å². The molecule has 0 saturated heterocycles. The minimum Gasteiger partial charge on any atom is -0.372 e. The third kappa shape index (κ3) is 3.54. The van der Waals surface area contributed by atoms with E-state index in [0.717, 1.165) is 17.4 Å². The van der Waals surface area contributed by atoms with Crippen molar-refractivity contribution in [1.82, 2.24) is 0 Å². The summed E-state index contributed by atoms with van der Waals surface area (Å²) in [6.07, 6.45) is 0.842. The van der Waals surface area contributed by atoms with Gasteiger partial charge in [0, 0.05) is 5.56 Å². The molecule has 2 rings (SSSR count). The minimum atomic E-state index is 0.564. The lowest BCUT2D eigenvalue weighted by molar-refractivity contribution is 0.107. The van der Waals surface area contributed by atoms with Crippen LogP contribution in [-0.2, 0) is 18.0 Å². The molecule has 0 fully saturated rings. The number of carbonyl (C=O) groups excluding carboxylic acids is 1. The molecule has 86 valence electrons. The second kappa shape index (κ2) is 5.97. The van der Waals surface area contributed by atoms with Crippen LogP contribution in [0.4, 0.5) is 0 Å². The molecule has 0 aliphatic rings. The van der Waals surface area contributed by atoms with E-state index in [4.69, 9.17) is 4.74 Å². The molecule has 2 aromatic rings. The molecule has 0 N–H and O–H groups in total. The third-order valence-corrected chi connectivity index (χ3v) is 2.50. The second-order valence-corrected chi connectivity index (χ2v) is 3.84. The number of aldehydes is 1. The molecule has 0 aromatic heterocycles. The normalized spacial score (nSPS) is 10.1. The number of benzene rings is 2. The zero-order valence-electron chi connectivity index (χ0n) is 9.50. The highest BCUT2D eigenvalue weighted by Gasteiger charge is 1.95. The van der Waals surface area contributed by atoms with Crippen molar-refractivity contribution in [3.63, 3.8) is 0 Å². The smallest absolute Gasteiger partial charge is 0.150 e. The summed E-state index contributed by atoms with van der Waals surface area (Å²) in [6.45, 7) is 1.17. The van der Waals surface area contributed by atoms with Gasteiger partial charge in [-0.05, 0) is 11.1 Å². The number of hydrogen-bond acceptors (Lipinski definition) is 2. The minimum absolute atomic E-state index is 0.564. The van der Waals surface area contributed by atoms with Crippen molar-refractivity contribution < 1.29 is 9.53 Å². The lowest BCUT2D eigenvalue weighted by atomic mass is 10.1. The van der Waals surface area contributed by atoms with Crippen molar-refractivity contribution in [2.24, 2.45) is 0 Å². The number of ether oxygens (including phenoxy) is 1. The fourth-order valence-corrected chi connectivity index (χ4v) is 1.55. The summed E-state index contributed by atoms with van der Waals surface area (Å²) >= 11 is 0. The number of rotatable bonds is 5. The first-order valence-electron chi connectivity index (χ1n) is 5.54. The van der Waals surface area contributed by atoms with Gasteiger partial charge in [-0.25, -0.2) is 0 Å². The summed E-state index contributed by atoms with van der Waals surface area (Å²) in [6, 6.07) is 17.5. The standard InChI is InChI=1S/C15H14O2/c16-10-13-6-8-15(9-7-13)12-17-11-14-4-2-1-3-5-14/h1-10H,11-12H2. The van der Waals surface area contributed by atoms with Gasteiger partial charge in [-0.15, -0.1) is 0 Å². The molecule has 0 spiro atoms. The Kier molecular flexibility index (Phi) is 4.05. The predicted octanol–water partition coefficient (Wildman–Crippen LogP) is 3.22. The average molecular weight is 226 g/mol. The molecule has 2 aromatic carbocycles. The fraction of sp³-hybridized carbons (Fsp3) is 0.133. The van der Waals surface area contributed by atoms with E-state index < -0.39 is 0 Å². The Morgan fingerprint density at radius 3 is 2.00 bits per heavy atom. The molecule has 0 aliphatic heterocycles. The van der Waals surface area contributed by atoms with Crippen LogP contribution >= 0.6 is 0 Å². The van der Waals surface area contributed by atoms with E-state index in [1.807, 2.05) is 42.5 Å². The first-order valence-corrected chi connectivity index (χ1v) is 5.54. The molecule has 17 heavy (non-hydrogen) atoms. The first-order chi connectivity index (χ1) is 8.38. The molecule has 0 amide bonds. The maximum Gasteiger partial charge on any atom is 0.150 e.